The van der Waals surface area contributed by atoms with Crippen LogP contribution in [0.15, 0.2) is 35.6 Å². The van der Waals surface area contributed by atoms with E-state index in [4.69, 9.17) is 5.73 Å². The van der Waals surface area contributed by atoms with E-state index in [1.165, 1.54) is 18.5 Å². The predicted octanol–water partition coefficient (Wildman–Crippen LogP) is 2.40. The molecule has 0 unspecified atom stereocenters. The van der Waals surface area contributed by atoms with Crippen molar-refractivity contribution >= 4 is 23.3 Å². The van der Waals surface area contributed by atoms with Gasteiger partial charge in [0.2, 0.25) is 5.82 Å². The van der Waals surface area contributed by atoms with Crippen molar-refractivity contribution in [3.8, 4) is 0 Å². The van der Waals surface area contributed by atoms with Gasteiger partial charge in [-0.15, -0.1) is 0 Å². The van der Waals surface area contributed by atoms with Crippen LogP contribution >= 0.6 is 11.8 Å². The number of nitrogens with zero attached hydrogens (tertiary/aromatic N) is 3. The summed E-state index contributed by atoms with van der Waals surface area (Å²) < 4.78 is 12.7. The summed E-state index contributed by atoms with van der Waals surface area (Å²) in [5.41, 5.74) is 5.99. The highest BCUT2D eigenvalue weighted by molar-refractivity contribution is 7.98. The number of benzene rings is 1. The first-order chi connectivity index (χ1) is 9.08. The van der Waals surface area contributed by atoms with E-state index >= 15 is 0 Å². The Bertz CT molecular complexity index is 606. The van der Waals surface area contributed by atoms with Crippen molar-refractivity contribution in [2.75, 3.05) is 5.73 Å². The van der Waals surface area contributed by atoms with Crippen molar-refractivity contribution in [3.63, 3.8) is 0 Å². The standard InChI is InChI=1S/C11H9FN4O2S/c12-8-3-1-7(2-4-8)5-19-11-9(16(17)18)10(13)14-6-15-11/h1-4,6H,5H2,(H2,13,14,15). The average Bonchev–Trinajstić information content (AvgIpc) is 2.37. The van der Waals surface area contributed by atoms with Gasteiger partial charge in [-0.1, -0.05) is 23.9 Å². The molecule has 6 nitrogen and oxygen atoms in total. The van der Waals surface area contributed by atoms with Crippen LogP contribution in [-0.2, 0) is 5.75 Å². The summed E-state index contributed by atoms with van der Waals surface area (Å²) in [4.78, 5) is 17.7. The second-order valence-corrected chi connectivity index (χ2v) is 4.55. The van der Waals surface area contributed by atoms with E-state index in [1.54, 1.807) is 12.1 Å². The van der Waals surface area contributed by atoms with Gasteiger partial charge in [-0.3, -0.25) is 10.1 Å². The zero-order valence-corrected chi connectivity index (χ0v) is 10.4. The number of hydrogen-bond acceptors (Lipinski definition) is 6. The fourth-order valence-corrected chi connectivity index (χ4v) is 2.32. The molecule has 8 heteroatoms. The van der Waals surface area contributed by atoms with Crippen molar-refractivity contribution in [3.05, 3.63) is 52.1 Å². The Morgan fingerprint density at radius 1 is 1.32 bits per heavy atom. The van der Waals surface area contributed by atoms with Crippen LogP contribution in [-0.4, -0.2) is 14.9 Å². The minimum atomic E-state index is -0.609. The zero-order chi connectivity index (χ0) is 13.8. The van der Waals surface area contributed by atoms with Gasteiger partial charge in [-0.2, -0.15) is 0 Å². The monoisotopic (exact) mass is 280 g/mol. The van der Waals surface area contributed by atoms with Gasteiger partial charge in [0.05, 0.1) is 4.92 Å². The topological polar surface area (TPSA) is 94.9 Å². The van der Waals surface area contributed by atoms with Gasteiger partial charge >= 0.3 is 5.69 Å². The van der Waals surface area contributed by atoms with Gasteiger partial charge in [0.1, 0.15) is 12.1 Å². The summed E-state index contributed by atoms with van der Waals surface area (Å²) in [6, 6.07) is 5.88. The maximum absolute atomic E-state index is 12.7. The summed E-state index contributed by atoms with van der Waals surface area (Å²) in [6.45, 7) is 0. The molecular weight excluding hydrogens is 271 g/mol. The summed E-state index contributed by atoms with van der Waals surface area (Å²) in [7, 11) is 0. The molecule has 0 saturated heterocycles. The molecule has 0 amide bonds. The summed E-state index contributed by atoms with van der Waals surface area (Å²) in [5, 5.41) is 11.1. The second kappa shape index (κ2) is 5.61. The number of nitrogens with two attached hydrogens (primary N) is 1. The Balaban J connectivity index is 2.18. The Hall–Kier alpha value is -2.22. The van der Waals surface area contributed by atoms with Crippen LogP contribution in [0.4, 0.5) is 15.9 Å². The first-order valence-electron chi connectivity index (χ1n) is 5.20. The molecular formula is C11H9FN4O2S. The molecule has 1 aromatic carbocycles. The molecule has 1 aromatic heterocycles. The number of aromatic nitrogens is 2. The van der Waals surface area contributed by atoms with Gasteiger partial charge in [-0.25, -0.2) is 14.4 Å². The molecule has 0 aliphatic carbocycles. The maximum Gasteiger partial charge on any atom is 0.343 e. The third-order valence-corrected chi connectivity index (χ3v) is 3.34. The molecule has 0 aliphatic rings. The number of anilines is 1. The second-order valence-electron chi connectivity index (χ2n) is 3.58. The van der Waals surface area contributed by atoms with Crippen molar-refractivity contribution in [2.45, 2.75) is 10.8 Å². The minimum absolute atomic E-state index is 0.165. The van der Waals surface area contributed by atoms with Crippen LogP contribution in [0.2, 0.25) is 0 Å². The summed E-state index contributed by atoms with van der Waals surface area (Å²) >= 11 is 1.15. The molecule has 1 heterocycles. The predicted molar refractivity (Wildman–Crippen MR) is 69.1 cm³/mol. The van der Waals surface area contributed by atoms with Crippen LogP contribution in [0.3, 0.4) is 0 Å². The van der Waals surface area contributed by atoms with E-state index in [1.807, 2.05) is 0 Å². The van der Waals surface area contributed by atoms with Crippen LogP contribution in [0, 0.1) is 15.9 Å². The van der Waals surface area contributed by atoms with E-state index in [0.29, 0.717) is 5.75 Å². The number of nitrogen functional groups attached to an aromatic ring is 1. The Labute approximate surface area is 112 Å². The fraction of sp³-hybridized carbons (Fsp3) is 0.0909. The molecule has 2 aromatic rings. The highest BCUT2D eigenvalue weighted by atomic mass is 32.2. The molecule has 0 saturated carbocycles. The summed E-state index contributed by atoms with van der Waals surface area (Å²) in [5.74, 6) is -0.0648. The maximum atomic E-state index is 12.7. The fourth-order valence-electron chi connectivity index (χ4n) is 1.38. The van der Waals surface area contributed by atoms with E-state index in [2.05, 4.69) is 9.97 Å². The van der Waals surface area contributed by atoms with E-state index in [0.717, 1.165) is 17.3 Å². The normalized spacial score (nSPS) is 10.4. The lowest BCUT2D eigenvalue weighted by molar-refractivity contribution is -0.387. The molecule has 2 N–H and O–H groups in total. The third-order valence-electron chi connectivity index (χ3n) is 2.29. The van der Waals surface area contributed by atoms with Gasteiger partial charge in [-0.05, 0) is 17.7 Å². The molecule has 0 fully saturated rings. The number of thioether (sulfide) groups is 1. The van der Waals surface area contributed by atoms with Crippen LogP contribution < -0.4 is 5.73 Å². The van der Waals surface area contributed by atoms with E-state index < -0.39 is 4.92 Å². The lowest BCUT2D eigenvalue weighted by atomic mass is 10.2. The lowest BCUT2D eigenvalue weighted by Crippen LogP contribution is -2.01. The van der Waals surface area contributed by atoms with Crippen LogP contribution in [0.1, 0.15) is 5.56 Å². The van der Waals surface area contributed by atoms with Crippen molar-refractivity contribution in [1.82, 2.24) is 9.97 Å². The first kappa shape index (κ1) is 13.2. The number of nitro groups is 1. The van der Waals surface area contributed by atoms with Crippen LogP contribution in [0.5, 0.6) is 0 Å². The smallest absolute Gasteiger partial charge is 0.343 e. The lowest BCUT2D eigenvalue weighted by Gasteiger charge is -2.03. The Morgan fingerprint density at radius 3 is 2.63 bits per heavy atom. The van der Waals surface area contributed by atoms with Gasteiger partial charge in [0.15, 0.2) is 5.03 Å². The zero-order valence-electron chi connectivity index (χ0n) is 9.62. The van der Waals surface area contributed by atoms with E-state index in [-0.39, 0.29) is 22.3 Å². The molecule has 98 valence electrons. The molecule has 0 atom stereocenters. The highest BCUT2D eigenvalue weighted by Crippen LogP contribution is 2.32. The molecule has 2 rings (SSSR count). The van der Waals surface area contributed by atoms with Gasteiger partial charge in [0.25, 0.3) is 0 Å². The highest BCUT2D eigenvalue weighted by Gasteiger charge is 2.20. The molecule has 0 aliphatic heterocycles. The van der Waals surface area contributed by atoms with Crippen molar-refractivity contribution in [2.24, 2.45) is 0 Å². The average molecular weight is 280 g/mol. The third kappa shape index (κ3) is 3.16. The largest absolute Gasteiger partial charge is 0.378 e. The Morgan fingerprint density at radius 2 is 2.00 bits per heavy atom. The SMILES string of the molecule is Nc1ncnc(SCc2ccc(F)cc2)c1[N+](=O)[O-]. The quantitative estimate of drug-likeness (QED) is 0.400. The van der Waals surface area contributed by atoms with Crippen molar-refractivity contribution in [1.29, 1.82) is 0 Å². The van der Waals surface area contributed by atoms with Crippen molar-refractivity contribution < 1.29 is 9.31 Å². The number of hydrogen-bond donors (Lipinski definition) is 1. The minimum Gasteiger partial charge on any atom is -0.378 e. The number of halogens is 1. The van der Waals surface area contributed by atoms with Gasteiger partial charge < -0.3 is 5.73 Å². The Kier molecular flexibility index (Phi) is 3.91. The summed E-state index contributed by atoms with van der Waals surface area (Å²) in [6.07, 6.45) is 1.18. The molecule has 0 spiro atoms. The van der Waals surface area contributed by atoms with E-state index in [9.17, 15) is 14.5 Å². The molecule has 0 radical (unpaired) electrons. The van der Waals surface area contributed by atoms with Crippen LogP contribution in [0.25, 0.3) is 0 Å². The van der Waals surface area contributed by atoms with Gasteiger partial charge in [0, 0.05) is 5.75 Å². The molecule has 0 bridgehead atoms. The first-order valence-corrected chi connectivity index (χ1v) is 6.18. The number of rotatable bonds is 4. The molecule has 19 heavy (non-hydrogen) atoms.